The quantitative estimate of drug-likeness (QED) is 0.738. The van der Waals surface area contributed by atoms with Crippen LogP contribution in [0.2, 0.25) is 0 Å². The normalized spacial score (nSPS) is 24.4. The Morgan fingerprint density at radius 3 is 2.41 bits per heavy atom. The van der Waals surface area contributed by atoms with E-state index in [1.165, 1.54) is 6.07 Å². The molecule has 2 aromatic carbocycles. The van der Waals surface area contributed by atoms with Crippen LogP contribution in [0.5, 0.6) is 0 Å². The highest BCUT2D eigenvalue weighted by atomic mass is 19.1. The monoisotopic (exact) mass is 427 g/mol. The largest absolute Gasteiger partial charge is 0.305 e. The fourth-order valence-electron chi connectivity index (χ4n) is 4.94. The van der Waals surface area contributed by atoms with Gasteiger partial charge in [0.25, 0.3) is 0 Å². The molecule has 1 N–H and O–H groups in total. The zero-order valence-corrected chi connectivity index (χ0v) is 17.1. The van der Waals surface area contributed by atoms with Gasteiger partial charge in [-0.25, -0.2) is 8.78 Å². The Morgan fingerprint density at radius 1 is 1.06 bits per heavy atom. The molecule has 0 bridgehead atoms. The highest BCUT2D eigenvalue weighted by molar-refractivity contribution is 6.00. The lowest BCUT2D eigenvalue weighted by Gasteiger charge is -2.47. The minimum Gasteiger partial charge on any atom is -0.305 e. The molecule has 0 aromatic heterocycles. The van der Waals surface area contributed by atoms with E-state index >= 15 is 0 Å². The molecule has 0 amide bonds. The molecule has 2 aliphatic rings. The van der Waals surface area contributed by atoms with Gasteiger partial charge < -0.3 is 5.41 Å². The van der Waals surface area contributed by atoms with Crippen LogP contribution in [0.15, 0.2) is 60.2 Å². The van der Waals surface area contributed by atoms with Crippen molar-refractivity contribution in [1.82, 2.24) is 4.90 Å². The number of hydrogen-bond acceptors (Lipinski definition) is 5. The van der Waals surface area contributed by atoms with Gasteiger partial charge in [-0.3, -0.25) is 4.90 Å². The second kappa shape index (κ2) is 8.35. The number of halogens is 2. The first-order chi connectivity index (χ1) is 15.4. The Morgan fingerprint density at radius 2 is 1.78 bits per heavy atom. The fraction of sp³-hybridized carbons (Fsp3) is 0.280. The van der Waals surface area contributed by atoms with Crippen LogP contribution in [0, 0.1) is 68.3 Å². The van der Waals surface area contributed by atoms with Crippen LogP contribution in [0.1, 0.15) is 17.0 Å². The zero-order chi connectivity index (χ0) is 22.9. The van der Waals surface area contributed by atoms with Gasteiger partial charge in [0.2, 0.25) is 0 Å². The maximum absolute atomic E-state index is 14.9. The predicted octanol–water partition coefficient (Wildman–Crippen LogP) is 4.31. The third-order valence-corrected chi connectivity index (χ3v) is 6.41. The van der Waals surface area contributed by atoms with Gasteiger partial charge in [-0.05, 0) is 22.8 Å². The van der Waals surface area contributed by atoms with Crippen molar-refractivity contribution in [2.75, 3.05) is 13.1 Å². The van der Waals surface area contributed by atoms with Crippen molar-refractivity contribution in [1.29, 1.82) is 21.2 Å². The number of rotatable bonds is 3. The number of fused-ring (bicyclic) bond motifs is 1. The lowest BCUT2D eigenvalue weighted by Crippen LogP contribution is -2.53. The van der Waals surface area contributed by atoms with E-state index < -0.39 is 34.8 Å². The van der Waals surface area contributed by atoms with Crippen LogP contribution in [0.3, 0.4) is 0 Å². The average Bonchev–Trinajstić information content (AvgIpc) is 2.80. The van der Waals surface area contributed by atoms with Crippen molar-refractivity contribution in [3.05, 3.63) is 82.9 Å². The lowest BCUT2D eigenvalue weighted by atomic mass is 9.54. The van der Waals surface area contributed by atoms with E-state index in [0.717, 1.165) is 17.7 Å². The SMILES string of the molecule is N#CC1C(=N)C(C#N)(C#N)C(c2ccc(F)cc2F)C2CN(Cc3ccccc3)CC=C12. The van der Waals surface area contributed by atoms with Crippen molar-refractivity contribution in [3.63, 3.8) is 0 Å². The molecular weight excluding hydrogens is 408 g/mol. The molecule has 0 saturated heterocycles. The first-order valence-corrected chi connectivity index (χ1v) is 10.2. The van der Waals surface area contributed by atoms with Crippen molar-refractivity contribution < 1.29 is 8.78 Å². The molecule has 32 heavy (non-hydrogen) atoms. The molecule has 1 heterocycles. The fourth-order valence-corrected chi connectivity index (χ4v) is 4.94. The summed E-state index contributed by atoms with van der Waals surface area (Å²) in [5, 5.41) is 38.4. The van der Waals surface area contributed by atoms with E-state index in [-0.39, 0.29) is 11.3 Å². The molecule has 1 fully saturated rings. The van der Waals surface area contributed by atoms with Crippen LogP contribution in [0.25, 0.3) is 0 Å². The zero-order valence-electron chi connectivity index (χ0n) is 17.1. The standard InChI is InChI=1S/C25H19F2N5/c26-17-6-7-19(22(27)10-17)23-21-13-32(12-16-4-2-1-3-5-16)9-8-18(21)20(11-28)24(31)25(23,14-29)15-30/h1-8,10,20-21,23,31H,9,12-13H2. The molecule has 3 atom stereocenters. The number of hydrogen-bond donors (Lipinski definition) is 1. The van der Waals surface area contributed by atoms with Gasteiger partial charge in [0.15, 0.2) is 5.41 Å². The van der Waals surface area contributed by atoms with E-state index in [9.17, 15) is 24.6 Å². The van der Waals surface area contributed by atoms with Crippen LogP contribution in [0.4, 0.5) is 8.78 Å². The van der Waals surface area contributed by atoms with E-state index in [0.29, 0.717) is 25.2 Å². The minimum atomic E-state index is -2.03. The maximum Gasteiger partial charge on any atom is 0.189 e. The molecule has 3 unspecified atom stereocenters. The Hall–Kier alpha value is -3.86. The number of nitriles is 3. The first kappa shape index (κ1) is 21.4. The molecular formula is C25H19F2N5. The van der Waals surface area contributed by atoms with Crippen LogP contribution in [-0.2, 0) is 6.54 Å². The molecule has 7 heteroatoms. The lowest BCUT2D eigenvalue weighted by molar-refractivity contribution is 0.196. The van der Waals surface area contributed by atoms with Crippen molar-refractivity contribution >= 4 is 5.71 Å². The van der Waals surface area contributed by atoms with E-state index in [4.69, 9.17) is 5.41 Å². The summed E-state index contributed by atoms with van der Waals surface area (Å²) >= 11 is 0. The molecule has 5 nitrogen and oxygen atoms in total. The average molecular weight is 427 g/mol. The molecule has 2 aromatic rings. The topological polar surface area (TPSA) is 98.5 Å². The van der Waals surface area contributed by atoms with Gasteiger partial charge in [-0.1, -0.05) is 42.5 Å². The summed E-state index contributed by atoms with van der Waals surface area (Å²) in [5.41, 5.74) is -0.680. The van der Waals surface area contributed by atoms with E-state index in [1.54, 1.807) is 0 Å². The number of nitrogens with zero attached hydrogens (tertiary/aromatic N) is 4. The summed E-state index contributed by atoms with van der Waals surface area (Å²) in [6.07, 6.45) is 1.85. The molecule has 0 spiro atoms. The Kier molecular flexibility index (Phi) is 5.57. The molecule has 158 valence electrons. The minimum absolute atomic E-state index is 0.00750. The Labute approximate surface area is 184 Å². The second-order valence-corrected chi connectivity index (χ2v) is 8.14. The summed E-state index contributed by atoms with van der Waals surface area (Å²) in [6, 6.07) is 18.7. The number of nitrogens with one attached hydrogen (secondary N) is 1. The van der Waals surface area contributed by atoms with Gasteiger partial charge in [0.05, 0.1) is 23.9 Å². The van der Waals surface area contributed by atoms with Gasteiger partial charge in [-0.2, -0.15) is 15.8 Å². The van der Waals surface area contributed by atoms with E-state index in [1.807, 2.05) is 48.5 Å². The summed E-state index contributed by atoms with van der Waals surface area (Å²) < 4.78 is 28.6. The first-order valence-electron chi connectivity index (χ1n) is 10.2. The third kappa shape index (κ3) is 3.36. The molecule has 1 aliphatic heterocycles. The van der Waals surface area contributed by atoms with Crippen molar-refractivity contribution in [2.45, 2.75) is 12.5 Å². The van der Waals surface area contributed by atoms with Crippen molar-refractivity contribution in [2.24, 2.45) is 17.3 Å². The second-order valence-electron chi connectivity index (χ2n) is 8.14. The number of benzene rings is 2. The van der Waals surface area contributed by atoms with Crippen LogP contribution < -0.4 is 0 Å². The van der Waals surface area contributed by atoms with Gasteiger partial charge in [-0.15, -0.1) is 0 Å². The molecule has 4 rings (SSSR count). The molecule has 0 radical (unpaired) electrons. The Balaban J connectivity index is 1.84. The van der Waals surface area contributed by atoms with Gasteiger partial charge in [0.1, 0.15) is 17.6 Å². The molecule has 1 saturated carbocycles. The predicted molar refractivity (Wildman–Crippen MR) is 113 cm³/mol. The summed E-state index contributed by atoms with van der Waals surface area (Å²) in [5.74, 6) is -4.26. The van der Waals surface area contributed by atoms with Crippen LogP contribution in [-0.4, -0.2) is 23.7 Å². The van der Waals surface area contributed by atoms with E-state index in [2.05, 4.69) is 11.0 Å². The Bertz CT molecular complexity index is 1200. The highest BCUT2D eigenvalue weighted by Crippen LogP contribution is 2.53. The van der Waals surface area contributed by atoms with Gasteiger partial charge in [0, 0.05) is 37.5 Å². The summed E-state index contributed by atoms with van der Waals surface area (Å²) in [4.78, 5) is 2.10. The maximum atomic E-state index is 14.9. The van der Waals surface area contributed by atoms with Crippen molar-refractivity contribution in [3.8, 4) is 18.2 Å². The smallest absolute Gasteiger partial charge is 0.189 e. The van der Waals surface area contributed by atoms with Gasteiger partial charge >= 0.3 is 0 Å². The summed E-state index contributed by atoms with van der Waals surface area (Å²) in [6.45, 7) is 1.50. The molecule has 1 aliphatic carbocycles. The highest BCUT2D eigenvalue weighted by Gasteiger charge is 2.58. The van der Waals surface area contributed by atoms with Crippen LogP contribution >= 0.6 is 0 Å². The summed E-state index contributed by atoms with van der Waals surface area (Å²) in [7, 11) is 0. The third-order valence-electron chi connectivity index (χ3n) is 6.41.